The fraction of sp³-hybridized carbons (Fsp3) is 0.526. The molecule has 126 valence electrons. The van der Waals surface area contributed by atoms with Gasteiger partial charge in [0.25, 0.3) is 0 Å². The molecule has 0 bridgehead atoms. The maximum Gasteiger partial charge on any atom is 0.192 e. The summed E-state index contributed by atoms with van der Waals surface area (Å²) in [5.41, 5.74) is 1.74. The Bertz CT molecular complexity index is 577. The molecule has 1 rings (SSSR count). The van der Waals surface area contributed by atoms with Crippen LogP contribution in [0.25, 0.3) is 0 Å². The van der Waals surface area contributed by atoms with E-state index in [0.29, 0.717) is 13.2 Å². The summed E-state index contributed by atoms with van der Waals surface area (Å²) in [5, 5.41) is 0.237. The molecule has 0 radical (unpaired) electrons. The Morgan fingerprint density at radius 3 is 2.57 bits per heavy atom. The molecule has 0 aliphatic carbocycles. The number of benzene rings is 1. The molecule has 0 spiro atoms. The lowest BCUT2D eigenvalue weighted by molar-refractivity contribution is 0.296. The van der Waals surface area contributed by atoms with Crippen molar-refractivity contribution >= 4 is 20.4 Å². The monoisotopic (exact) mass is 331 g/mol. The van der Waals surface area contributed by atoms with E-state index < -0.39 is 8.32 Å². The van der Waals surface area contributed by atoms with Gasteiger partial charge in [0.15, 0.2) is 14.7 Å². The molecule has 3 nitrogen and oxygen atoms in total. The number of nitrogens with zero attached hydrogens (tertiary/aromatic N) is 1. The van der Waals surface area contributed by atoms with Crippen molar-refractivity contribution < 1.29 is 9.16 Å². The van der Waals surface area contributed by atoms with Gasteiger partial charge in [-0.25, -0.2) is 4.99 Å². The SMILES string of the molecule is CCOC=Nc1ccccc1C#CCCO[Si](C)(C)C(C)(C)C. The summed E-state index contributed by atoms with van der Waals surface area (Å²) in [5.74, 6) is 6.37. The van der Waals surface area contributed by atoms with Crippen LogP contribution in [0.3, 0.4) is 0 Å². The van der Waals surface area contributed by atoms with Crippen LogP contribution in [-0.2, 0) is 9.16 Å². The summed E-state index contributed by atoms with van der Waals surface area (Å²) in [6.07, 6.45) is 2.21. The maximum absolute atomic E-state index is 6.13. The Hall–Kier alpha value is -1.57. The van der Waals surface area contributed by atoms with E-state index in [-0.39, 0.29) is 5.04 Å². The first kappa shape index (κ1) is 19.5. The Balaban J connectivity index is 2.61. The van der Waals surface area contributed by atoms with Gasteiger partial charge in [0.05, 0.1) is 17.9 Å². The van der Waals surface area contributed by atoms with E-state index in [1.165, 1.54) is 6.40 Å². The van der Waals surface area contributed by atoms with Crippen LogP contribution >= 0.6 is 0 Å². The lowest BCUT2D eigenvalue weighted by Gasteiger charge is -2.35. The second-order valence-corrected chi connectivity index (χ2v) is 11.7. The Morgan fingerprint density at radius 1 is 1.22 bits per heavy atom. The average Bonchev–Trinajstić information content (AvgIpc) is 2.47. The topological polar surface area (TPSA) is 30.8 Å². The van der Waals surface area contributed by atoms with Crippen LogP contribution in [0, 0.1) is 11.8 Å². The van der Waals surface area contributed by atoms with Gasteiger partial charge in [-0.15, -0.1) is 0 Å². The van der Waals surface area contributed by atoms with Gasteiger partial charge in [0.1, 0.15) is 0 Å². The number of hydrogen-bond acceptors (Lipinski definition) is 3. The summed E-state index contributed by atoms with van der Waals surface area (Å²) < 4.78 is 11.3. The van der Waals surface area contributed by atoms with E-state index in [0.717, 1.165) is 17.7 Å². The molecule has 4 heteroatoms. The maximum atomic E-state index is 6.13. The van der Waals surface area contributed by atoms with E-state index >= 15 is 0 Å². The molecule has 1 aromatic rings. The van der Waals surface area contributed by atoms with Gasteiger partial charge >= 0.3 is 0 Å². The molecule has 0 amide bonds. The van der Waals surface area contributed by atoms with Crippen molar-refractivity contribution in [2.75, 3.05) is 13.2 Å². The number of para-hydroxylation sites is 1. The minimum atomic E-state index is -1.67. The van der Waals surface area contributed by atoms with Gasteiger partial charge in [-0.2, -0.15) is 0 Å². The summed E-state index contributed by atoms with van der Waals surface area (Å²) in [7, 11) is -1.67. The molecule has 0 aromatic heterocycles. The molecule has 0 aliphatic rings. The van der Waals surface area contributed by atoms with Crippen LogP contribution in [0.1, 0.15) is 39.7 Å². The van der Waals surface area contributed by atoms with Gasteiger partial charge in [0, 0.05) is 13.0 Å². The second kappa shape index (κ2) is 8.90. The Labute approximate surface area is 142 Å². The van der Waals surface area contributed by atoms with Crippen molar-refractivity contribution in [1.29, 1.82) is 0 Å². The first-order chi connectivity index (χ1) is 10.8. The second-order valence-electron chi connectivity index (χ2n) is 6.87. The van der Waals surface area contributed by atoms with Crippen LogP contribution in [0.15, 0.2) is 29.3 Å². The predicted molar refractivity (Wildman–Crippen MR) is 101 cm³/mol. The minimum absolute atomic E-state index is 0.237. The molecular weight excluding hydrogens is 302 g/mol. The zero-order valence-electron chi connectivity index (χ0n) is 15.3. The van der Waals surface area contributed by atoms with Crippen LogP contribution < -0.4 is 0 Å². The van der Waals surface area contributed by atoms with E-state index in [1.807, 2.05) is 31.2 Å². The highest BCUT2D eigenvalue weighted by Crippen LogP contribution is 2.36. The van der Waals surface area contributed by atoms with Gasteiger partial charge < -0.3 is 9.16 Å². The molecular formula is C19H29NO2Si. The molecule has 0 fully saturated rings. The number of ether oxygens (including phenoxy) is 1. The highest BCUT2D eigenvalue weighted by molar-refractivity contribution is 6.74. The lowest BCUT2D eigenvalue weighted by Crippen LogP contribution is -2.40. The highest BCUT2D eigenvalue weighted by Gasteiger charge is 2.36. The summed E-state index contributed by atoms with van der Waals surface area (Å²) in [6, 6.07) is 7.83. The first-order valence-corrected chi connectivity index (χ1v) is 11.0. The van der Waals surface area contributed by atoms with E-state index in [9.17, 15) is 0 Å². The van der Waals surface area contributed by atoms with Crippen LogP contribution in [0.4, 0.5) is 5.69 Å². The van der Waals surface area contributed by atoms with Gasteiger partial charge in [-0.05, 0) is 37.2 Å². The van der Waals surface area contributed by atoms with Crippen molar-refractivity contribution in [3.63, 3.8) is 0 Å². The van der Waals surface area contributed by atoms with E-state index in [4.69, 9.17) is 9.16 Å². The quantitative estimate of drug-likeness (QED) is 0.237. The molecule has 0 heterocycles. The molecule has 23 heavy (non-hydrogen) atoms. The van der Waals surface area contributed by atoms with Crippen molar-refractivity contribution in [2.24, 2.45) is 4.99 Å². The third-order valence-electron chi connectivity index (χ3n) is 4.06. The summed E-state index contributed by atoms with van der Waals surface area (Å²) in [4.78, 5) is 4.29. The smallest absolute Gasteiger partial charge is 0.192 e. The van der Waals surface area contributed by atoms with Gasteiger partial charge in [-0.3, -0.25) is 0 Å². The molecule has 0 saturated carbocycles. The minimum Gasteiger partial charge on any atom is -0.483 e. The average molecular weight is 332 g/mol. The lowest BCUT2D eigenvalue weighted by atomic mass is 10.2. The van der Waals surface area contributed by atoms with Crippen molar-refractivity contribution in [3.05, 3.63) is 29.8 Å². The van der Waals surface area contributed by atoms with Crippen LogP contribution in [0.5, 0.6) is 0 Å². The van der Waals surface area contributed by atoms with Crippen molar-refractivity contribution in [3.8, 4) is 11.8 Å². The third kappa shape index (κ3) is 6.60. The normalized spacial score (nSPS) is 12.1. The van der Waals surface area contributed by atoms with Crippen molar-refractivity contribution in [2.45, 2.75) is 52.2 Å². The Kier molecular flexibility index (Phi) is 7.54. The van der Waals surface area contributed by atoms with Crippen LogP contribution in [0.2, 0.25) is 18.1 Å². The number of hydrogen-bond donors (Lipinski definition) is 0. The summed E-state index contributed by atoms with van der Waals surface area (Å²) in [6.45, 7) is 14.5. The zero-order chi connectivity index (χ0) is 17.3. The van der Waals surface area contributed by atoms with E-state index in [2.05, 4.69) is 50.7 Å². The molecule has 1 aromatic carbocycles. The fourth-order valence-corrected chi connectivity index (χ4v) is 2.64. The predicted octanol–water partition coefficient (Wildman–Crippen LogP) is 5.15. The highest BCUT2D eigenvalue weighted by atomic mass is 28.4. The number of rotatable bonds is 6. The molecule has 0 aliphatic heterocycles. The molecule has 0 atom stereocenters. The fourth-order valence-electron chi connectivity index (χ4n) is 1.59. The van der Waals surface area contributed by atoms with Crippen molar-refractivity contribution in [1.82, 2.24) is 0 Å². The van der Waals surface area contributed by atoms with Gasteiger partial charge in [-0.1, -0.05) is 44.7 Å². The first-order valence-electron chi connectivity index (χ1n) is 8.14. The zero-order valence-corrected chi connectivity index (χ0v) is 16.3. The standard InChI is InChI=1S/C19H29NO2Si/c1-7-21-16-20-18-14-9-8-12-17(18)13-10-11-15-22-23(5,6)19(2,3)4/h8-9,12,14,16H,7,11,15H2,1-6H3. The third-order valence-corrected chi connectivity index (χ3v) is 8.59. The number of aliphatic imine (C=N–C) groups is 1. The molecule has 0 unspecified atom stereocenters. The Morgan fingerprint density at radius 2 is 1.91 bits per heavy atom. The van der Waals surface area contributed by atoms with Gasteiger partial charge in [0.2, 0.25) is 0 Å². The van der Waals surface area contributed by atoms with Crippen LogP contribution in [-0.4, -0.2) is 27.9 Å². The summed E-state index contributed by atoms with van der Waals surface area (Å²) >= 11 is 0. The largest absolute Gasteiger partial charge is 0.483 e. The molecule has 0 N–H and O–H groups in total. The molecule has 0 saturated heterocycles. The van der Waals surface area contributed by atoms with E-state index in [1.54, 1.807) is 0 Å².